The van der Waals surface area contributed by atoms with Crippen LogP contribution < -0.4 is 4.74 Å². The Bertz CT molecular complexity index is 746. The number of allylic oxidation sites excluding steroid dienone is 1. The Morgan fingerprint density at radius 3 is 2.81 bits per heavy atom. The number of rotatable bonds is 1. The lowest BCUT2D eigenvalue weighted by Gasteiger charge is -2.10. The van der Waals surface area contributed by atoms with Crippen LogP contribution in [0.1, 0.15) is 15.9 Å². The predicted molar refractivity (Wildman–Crippen MR) is 78.4 cm³/mol. The molecule has 4 heteroatoms. The molecule has 0 saturated heterocycles. The Balaban J connectivity index is 2.23. The average molecular weight is 282 g/mol. The zero-order chi connectivity index (χ0) is 15.0. The van der Waals surface area contributed by atoms with E-state index in [2.05, 4.69) is 6.58 Å². The van der Waals surface area contributed by atoms with Crippen LogP contribution in [0.4, 0.5) is 0 Å². The highest BCUT2D eigenvalue weighted by Gasteiger charge is 2.20. The maximum atomic E-state index is 11.7. The van der Waals surface area contributed by atoms with E-state index in [1.807, 2.05) is 6.07 Å². The molecular formula is C17H14O4. The number of carbonyl (C=O) groups is 1. The molecule has 0 spiro atoms. The van der Waals surface area contributed by atoms with E-state index in [0.717, 1.165) is 16.7 Å². The summed E-state index contributed by atoms with van der Waals surface area (Å²) in [7, 11) is 1.35. The number of benzene rings is 2. The van der Waals surface area contributed by atoms with Crippen molar-refractivity contribution in [3.8, 4) is 22.6 Å². The summed E-state index contributed by atoms with van der Waals surface area (Å²) in [5.74, 6) is 1.01. The van der Waals surface area contributed by atoms with Crippen LogP contribution in [0, 0.1) is 0 Å². The van der Waals surface area contributed by atoms with Crippen molar-refractivity contribution in [3.63, 3.8) is 0 Å². The molecule has 2 aromatic carbocycles. The van der Waals surface area contributed by atoms with Gasteiger partial charge in [-0.15, -0.1) is 0 Å². The molecule has 0 unspecified atom stereocenters. The summed E-state index contributed by atoms with van der Waals surface area (Å²) in [6.07, 6.45) is 0.506. The highest BCUT2D eigenvalue weighted by Crippen LogP contribution is 2.39. The molecular weight excluding hydrogens is 268 g/mol. The Morgan fingerprint density at radius 1 is 1.24 bits per heavy atom. The molecule has 21 heavy (non-hydrogen) atoms. The number of esters is 1. The van der Waals surface area contributed by atoms with E-state index in [1.54, 1.807) is 30.3 Å². The van der Waals surface area contributed by atoms with Gasteiger partial charge in [0.2, 0.25) is 0 Å². The first-order chi connectivity index (χ1) is 10.1. The van der Waals surface area contributed by atoms with Crippen LogP contribution in [0.2, 0.25) is 0 Å². The van der Waals surface area contributed by atoms with Gasteiger partial charge in [-0.1, -0.05) is 12.6 Å². The van der Waals surface area contributed by atoms with Crippen LogP contribution in [0.15, 0.2) is 48.7 Å². The van der Waals surface area contributed by atoms with Gasteiger partial charge in [-0.3, -0.25) is 0 Å². The standard InChI is InChI=1S/C17H14O4/c1-10-7-12-8-13(18)4-5-14(12)15-9-11(17(19)20-2)3-6-16(15)21-10/h3-6,8-9,18H,1,7H2,2H3. The monoisotopic (exact) mass is 282 g/mol. The summed E-state index contributed by atoms with van der Waals surface area (Å²) in [5, 5.41) is 9.65. The number of ether oxygens (including phenoxy) is 2. The SMILES string of the molecule is C=C1Cc2cc(O)ccc2-c2cc(C(=O)OC)ccc2O1. The van der Waals surface area contributed by atoms with Crippen LogP contribution in [0.25, 0.3) is 11.1 Å². The summed E-state index contributed by atoms with van der Waals surface area (Å²) in [4.78, 5) is 11.7. The quantitative estimate of drug-likeness (QED) is 0.815. The van der Waals surface area contributed by atoms with Crippen molar-refractivity contribution in [1.29, 1.82) is 0 Å². The minimum Gasteiger partial charge on any atom is -0.508 e. The second kappa shape index (κ2) is 4.98. The fraction of sp³-hybridized carbons (Fsp3) is 0.118. The predicted octanol–water partition coefficient (Wildman–Crippen LogP) is 3.29. The largest absolute Gasteiger partial charge is 0.508 e. The van der Waals surface area contributed by atoms with Gasteiger partial charge in [0.05, 0.1) is 12.7 Å². The normalized spacial score (nSPS) is 12.7. The second-order valence-electron chi connectivity index (χ2n) is 4.86. The maximum absolute atomic E-state index is 11.7. The van der Waals surface area contributed by atoms with Crippen molar-refractivity contribution >= 4 is 5.97 Å². The summed E-state index contributed by atoms with van der Waals surface area (Å²) in [6.45, 7) is 3.88. The molecule has 2 aromatic rings. The van der Waals surface area contributed by atoms with E-state index in [0.29, 0.717) is 23.5 Å². The number of aromatic hydroxyl groups is 1. The molecule has 0 aromatic heterocycles. The third-order valence-electron chi connectivity index (χ3n) is 3.42. The van der Waals surface area contributed by atoms with Crippen LogP contribution in [0.3, 0.4) is 0 Å². The third kappa shape index (κ3) is 2.36. The van der Waals surface area contributed by atoms with Gasteiger partial charge in [0.25, 0.3) is 0 Å². The lowest BCUT2D eigenvalue weighted by Crippen LogP contribution is -2.01. The lowest BCUT2D eigenvalue weighted by molar-refractivity contribution is 0.0601. The van der Waals surface area contributed by atoms with Crippen molar-refractivity contribution < 1.29 is 19.4 Å². The topological polar surface area (TPSA) is 55.8 Å². The van der Waals surface area contributed by atoms with Crippen LogP contribution in [0.5, 0.6) is 11.5 Å². The molecule has 4 nitrogen and oxygen atoms in total. The molecule has 0 fully saturated rings. The highest BCUT2D eigenvalue weighted by molar-refractivity contribution is 5.92. The minimum absolute atomic E-state index is 0.189. The van der Waals surface area contributed by atoms with Crippen LogP contribution in [-0.4, -0.2) is 18.2 Å². The average Bonchev–Trinajstić information content (AvgIpc) is 2.60. The van der Waals surface area contributed by atoms with Crippen molar-refractivity contribution in [2.45, 2.75) is 6.42 Å². The molecule has 0 aliphatic carbocycles. The summed E-state index contributed by atoms with van der Waals surface area (Å²) in [6, 6.07) is 10.2. The summed E-state index contributed by atoms with van der Waals surface area (Å²) in [5.41, 5.74) is 3.05. The van der Waals surface area contributed by atoms with E-state index in [4.69, 9.17) is 9.47 Å². The van der Waals surface area contributed by atoms with Crippen molar-refractivity contribution in [1.82, 2.24) is 0 Å². The van der Waals surface area contributed by atoms with Crippen LogP contribution in [-0.2, 0) is 11.2 Å². The van der Waals surface area contributed by atoms with Gasteiger partial charge in [0, 0.05) is 12.0 Å². The molecule has 0 atom stereocenters. The second-order valence-corrected chi connectivity index (χ2v) is 4.86. The Kier molecular flexibility index (Phi) is 3.14. The van der Waals surface area contributed by atoms with Gasteiger partial charge in [-0.25, -0.2) is 4.79 Å². The van der Waals surface area contributed by atoms with E-state index in [-0.39, 0.29) is 5.75 Å². The zero-order valence-electron chi connectivity index (χ0n) is 11.6. The zero-order valence-corrected chi connectivity index (χ0v) is 11.6. The number of hydrogen-bond acceptors (Lipinski definition) is 4. The third-order valence-corrected chi connectivity index (χ3v) is 3.42. The van der Waals surface area contributed by atoms with Crippen molar-refractivity contribution in [2.75, 3.05) is 7.11 Å². The molecule has 3 rings (SSSR count). The van der Waals surface area contributed by atoms with Gasteiger partial charge in [0.15, 0.2) is 0 Å². The Labute approximate surface area is 122 Å². The molecule has 1 aliphatic rings. The van der Waals surface area contributed by atoms with E-state index >= 15 is 0 Å². The summed E-state index contributed by atoms with van der Waals surface area (Å²) >= 11 is 0. The van der Waals surface area contributed by atoms with E-state index < -0.39 is 5.97 Å². The first-order valence-electron chi connectivity index (χ1n) is 6.49. The number of methoxy groups -OCH3 is 1. The molecule has 0 saturated carbocycles. The van der Waals surface area contributed by atoms with Gasteiger partial charge in [-0.05, 0) is 41.5 Å². The number of phenolic OH excluding ortho intramolecular Hbond substituents is 1. The maximum Gasteiger partial charge on any atom is 0.337 e. The number of phenols is 1. The number of fused-ring (bicyclic) bond motifs is 3. The first-order valence-corrected chi connectivity index (χ1v) is 6.49. The first kappa shape index (κ1) is 13.2. The Hall–Kier alpha value is -2.75. The van der Waals surface area contributed by atoms with Crippen molar-refractivity contribution in [3.05, 3.63) is 59.9 Å². The van der Waals surface area contributed by atoms with E-state index in [9.17, 15) is 9.90 Å². The molecule has 106 valence electrons. The lowest BCUT2D eigenvalue weighted by atomic mass is 9.96. The fourth-order valence-corrected chi connectivity index (χ4v) is 2.47. The Morgan fingerprint density at radius 2 is 2.05 bits per heavy atom. The highest BCUT2D eigenvalue weighted by atomic mass is 16.5. The van der Waals surface area contributed by atoms with Crippen molar-refractivity contribution in [2.24, 2.45) is 0 Å². The van der Waals surface area contributed by atoms with E-state index in [1.165, 1.54) is 7.11 Å². The molecule has 0 amide bonds. The van der Waals surface area contributed by atoms with Gasteiger partial charge in [-0.2, -0.15) is 0 Å². The van der Waals surface area contributed by atoms with Gasteiger partial charge >= 0.3 is 5.97 Å². The molecule has 1 heterocycles. The fourth-order valence-electron chi connectivity index (χ4n) is 2.47. The minimum atomic E-state index is -0.402. The summed E-state index contributed by atoms with van der Waals surface area (Å²) < 4.78 is 10.5. The molecule has 0 bridgehead atoms. The molecule has 1 aliphatic heterocycles. The number of carbonyl (C=O) groups excluding carboxylic acids is 1. The molecule has 1 N–H and O–H groups in total. The van der Waals surface area contributed by atoms with Gasteiger partial charge < -0.3 is 14.6 Å². The van der Waals surface area contributed by atoms with Gasteiger partial charge in [0.1, 0.15) is 17.3 Å². The van der Waals surface area contributed by atoms with Crippen LogP contribution >= 0.6 is 0 Å². The molecule has 0 radical (unpaired) electrons. The number of hydrogen-bond donors (Lipinski definition) is 1. The smallest absolute Gasteiger partial charge is 0.337 e.